The first-order valence-electron chi connectivity index (χ1n) is 7.27. The molecule has 2 fully saturated rings. The molecular weight excluding hydrogens is 259 g/mol. The van der Waals surface area contributed by atoms with Crippen LogP contribution in [0.25, 0.3) is 0 Å². The molecule has 3 heterocycles. The fraction of sp³-hybridized carbons (Fsp3) is 0.667. The van der Waals surface area contributed by atoms with Crippen molar-refractivity contribution < 1.29 is 14.2 Å². The van der Waals surface area contributed by atoms with Crippen LogP contribution in [0.5, 0.6) is 0 Å². The molecule has 0 unspecified atom stereocenters. The van der Waals surface area contributed by atoms with E-state index in [2.05, 4.69) is 4.98 Å². The van der Waals surface area contributed by atoms with Crippen molar-refractivity contribution in [2.75, 3.05) is 24.7 Å². The van der Waals surface area contributed by atoms with Gasteiger partial charge in [-0.25, -0.2) is 9.37 Å². The van der Waals surface area contributed by atoms with Gasteiger partial charge in [0.2, 0.25) is 0 Å². The summed E-state index contributed by atoms with van der Waals surface area (Å²) < 4.78 is 19.5. The minimum Gasteiger partial charge on any atom is -0.390 e. The lowest BCUT2D eigenvalue weighted by atomic mass is 9.79. The fourth-order valence-corrected chi connectivity index (χ4v) is 3.44. The van der Waals surface area contributed by atoms with Crippen LogP contribution in [0.3, 0.4) is 0 Å². The van der Waals surface area contributed by atoms with Gasteiger partial charge in [-0.05, 0) is 38.3 Å². The number of halogens is 1. The van der Waals surface area contributed by atoms with Gasteiger partial charge >= 0.3 is 0 Å². The van der Waals surface area contributed by atoms with Gasteiger partial charge in [0.25, 0.3) is 0 Å². The summed E-state index contributed by atoms with van der Waals surface area (Å²) in [7, 11) is 0. The summed E-state index contributed by atoms with van der Waals surface area (Å²) >= 11 is 0. The Hall–Kier alpha value is -1.20. The van der Waals surface area contributed by atoms with Gasteiger partial charge in [0, 0.05) is 31.3 Å². The molecule has 1 N–H and O–H groups in total. The number of pyridine rings is 1. The second kappa shape index (κ2) is 5.30. The molecule has 0 saturated carbocycles. The van der Waals surface area contributed by atoms with Crippen molar-refractivity contribution in [2.24, 2.45) is 5.92 Å². The van der Waals surface area contributed by atoms with E-state index in [0.717, 1.165) is 19.4 Å². The third-order valence-electron chi connectivity index (χ3n) is 4.62. The Morgan fingerprint density at radius 1 is 1.55 bits per heavy atom. The van der Waals surface area contributed by atoms with E-state index in [0.29, 0.717) is 25.5 Å². The van der Waals surface area contributed by atoms with Crippen molar-refractivity contribution >= 4 is 5.82 Å². The van der Waals surface area contributed by atoms with E-state index in [1.54, 1.807) is 12.3 Å². The SMILES string of the molecule is C[C@]1(O)CCOC[C@H]1[C@H]1CCCN1c1ncccc1F. The number of aliphatic hydroxyl groups is 1. The van der Waals surface area contributed by atoms with Gasteiger partial charge in [-0.15, -0.1) is 0 Å². The molecule has 20 heavy (non-hydrogen) atoms. The van der Waals surface area contributed by atoms with Crippen LogP contribution in [0.4, 0.5) is 10.2 Å². The summed E-state index contributed by atoms with van der Waals surface area (Å²) in [5.41, 5.74) is -0.753. The molecule has 110 valence electrons. The summed E-state index contributed by atoms with van der Waals surface area (Å²) in [4.78, 5) is 6.18. The first-order valence-corrected chi connectivity index (χ1v) is 7.27. The zero-order chi connectivity index (χ0) is 14.2. The number of hydrogen-bond donors (Lipinski definition) is 1. The molecule has 0 aliphatic carbocycles. The topological polar surface area (TPSA) is 45.6 Å². The Morgan fingerprint density at radius 3 is 3.15 bits per heavy atom. The van der Waals surface area contributed by atoms with Crippen molar-refractivity contribution in [3.05, 3.63) is 24.1 Å². The molecule has 3 rings (SSSR count). The molecule has 1 aromatic rings. The second-order valence-corrected chi connectivity index (χ2v) is 6.00. The van der Waals surface area contributed by atoms with Gasteiger partial charge < -0.3 is 14.7 Å². The monoisotopic (exact) mass is 280 g/mol. The minimum atomic E-state index is -0.753. The number of rotatable bonds is 2. The average molecular weight is 280 g/mol. The van der Waals surface area contributed by atoms with Crippen LogP contribution in [0.15, 0.2) is 18.3 Å². The molecule has 5 heteroatoms. The van der Waals surface area contributed by atoms with Crippen molar-refractivity contribution in [3.8, 4) is 0 Å². The number of nitrogens with zero attached hydrogens (tertiary/aromatic N) is 2. The first-order chi connectivity index (χ1) is 9.59. The minimum absolute atomic E-state index is 0.000145. The lowest BCUT2D eigenvalue weighted by Gasteiger charge is -2.43. The molecule has 2 aliphatic heterocycles. The Bertz CT molecular complexity index is 481. The van der Waals surface area contributed by atoms with Crippen molar-refractivity contribution in [3.63, 3.8) is 0 Å². The summed E-state index contributed by atoms with van der Waals surface area (Å²) in [5, 5.41) is 10.6. The second-order valence-electron chi connectivity index (χ2n) is 6.00. The molecule has 0 spiro atoms. The van der Waals surface area contributed by atoms with E-state index in [1.807, 2.05) is 11.8 Å². The number of hydrogen-bond acceptors (Lipinski definition) is 4. The third kappa shape index (κ3) is 2.40. The highest BCUT2D eigenvalue weighted by molar-refractivity contribution is 5.42. The lowest BCUT2D eigenvalue weighted by molar-refractivity contribution is -0.108. The highest BCUT2D eigenvalue weighted by Gasteiger charge is 2.44. The zero-order valence-electron chi connectivity index (χ0n) is 11.8. The van der Waals surface area contributed by atoms with E-state index in [-0.39, 0.29) is 17.8 Å². The van der Waals surface area contributed by atoms with E-state index in [1.165, 1.54) is 6.07 Å². The molecule has 1 aromatic heterocycles. The van der Waals surface area contributed by atoms with Crippen LogP contribution >= 0.6 is 0 Å². The van der Waals surface area contributed by atoms with Crippen LogP contribution in [-0.2, 0) is 4.74 Å². The molecule has 2 saturated heterocycles. The van der Waals surface area contributed by atoms with Gasteiger partial charge in [0.05, 0.1) is 12.2 Å². The Kier molecular flexibility index (Phi) is 3.65. The van der Waals surface area contributed by atoms with E-state index >= 15 is 0 Å². The maximum absolute atomic E-state index is 14.0. The van der Waals surface area contributed by atoms with Crippen LogP contribution in [0, 0.1) is 11.7 Å². The zero-order valence-corrected chi connectivity index (χ0v) is 11.8. The van der Waals surface area contributed by atoms with E-state index in [9.17, 15) is 9.50 Å². The van der Waals surface area contributed by atoms with Gasteiger partial charge in [0.1, 0.15) is 0 Å². The number of anilines is 1. The lowest BCUT2D eigenvalue weighted by Crippen LogP contribution is -2.52. The van der Waals surface area contributed by atoms with Gasteiger partial charge in [0.15, 0.2) is 11.6 Å². The Morgan fingerprint density at radius 2 is 2.40 bits per heavy atom. The molecule has 0 aromatic carbocycles. The smallest absolute Gasteiger partial charge is 0.165 e. The van der Waals surface area contributed by atoms with Gasteiger partial charge in [-0.1, -0.05) is 0 Å². The largest absolute Gasteiger partial charge is 0.390 e. The highest BCUT2D eigenvalue weighted by Crippen LogP contribution is 2.37. The molecule has 0 radical (unpaired) electrons. The number of aromatic nitrogens is 1. The van der Waals surface area contributed by atoms with Crippen molar-refractivity contribution in [1.29, 1.82) is 0 Å². The molecule has 2 aliphatic rings. The predicted molar refractivity (Wildman–Crippen MR) is 74.1 cm³/mol. The Labute approximate surface area is 118 Å². The van der Waals surface area contributed by atoms with Crippen LogP contribution in [-0.4, -0.2) is 41.5 Å². The van der Waals surface area contributed by atoms with Crippen LogP contribution in [0.2, 0.25) is 0 Å². The maximum atomic E-state index is 14.0. The van der Waals surface area contributed by atoms with E-state index < -0.39 is 5.60 Å². The number of ether oxygens (including phenoxy) is 1. The summed E-state index contributed by atoms with van der Waals surface area (Å²) in [6.45, 7) is 3.77. The standard InChI is InChI=1S/C15H21FN2O2/c1-15(19)6-9-20-10-11(15)13-5-3-8-18(13)14-12(16)4-2-7-17-14/h2,4,7,11,13,19H,3,5-6,8-10H2,1H3/t11-,13+,15-/m0/s1. The quantitative estimate of drug-likeness (QED) is 0.899. The summed E-state index contributed by atoms with van der Waals surface area (Å²) in [5.74, 6) is 0.104. The summed E-state index contributed by atoms with van der Waals surface area (Å²) in [6, 6.07) is 3.13. The maximum Gasteiger partial charge on any atom is 0.165 e. The third-order valence-corrected chi connectivity index (χ3v) is 4.62. The van der Waals surface area contributed by atoms with E-state index in [4.69, 9.17) is 4.74 Å². The van der Waals surface area contributed by atoms with Crippen molar-refractivity contribution in [1.82, 2.24) is 4.98 Å². The molecule has 4 nitrogen and oxygen atoms in total. The van der Waals surface area contributed by atoms with Crippen LogP contribution < -0.4 is 4.90 Å². The molecular formula is C15H21FN2O2. The van der Waals surface area contributed by atoms with Crippen molar-refractivity contribution in [2.45, 2.75) is 37.8 Å². The normalized spacial score (nSPS) is 34.5. The first kappa shape index (κ1) is 13.8. The molecule has 0 bridgehead atoms. The predicted octanol–water partition coefficient (Wildman–Crippen LogP) is 1.98. The fourth-order valence-electron chi connectivity index (χ4n) is 3.44. The van der Waals surface area contributed by atoms with Gasteiger partial charge in [-0.2, -0.15) is 0 Å². The van der Waals surface area contributed by atoms with Crippen LogP contribution in [0.1, 0.15) is 26.2 Å². The molecule has 0 amide bonds. The summed E-state index contributed by atoms with van der Waals surface area (Å²) in [6.07, 6.45) is 4.18. The average Bonchev–Trinajstić information content (AvgIpc) is 2.87. The highest BCUT2D eigenvalue weighted by atomic mass is 19.1. The Balaban J connectivity index is 1.87. The molecule has 3 atom stereocenters. The van der Waals surface area contributed by atoms with Gasteiger partial charge in [-0.3, -0.25) is 0 Å².